The van der Waals surface area contributed by atoms with Crippen molar-refractivity contribution in [1.29, 1.82) is 0 Å². The number of hydrogen-bond donors (Lipinski definition) is 2. The lowest BCUT2D eigenvalue weighted by Gasteiger charge is -2.21. The van der Waals surface area contributed by atoms with Gasteiger partial charge in [-0.05, 0) is 30.2 Å². The number of alkyl halides is 3. The highest BCUT2D eigenvalue weighted by molar-refractivity contribution is 5.31. The molecule has 2 nitrogen and oxygen atoms in total. The second kappa shape index (κ2) is 5.87. The number of aryl methyl sites for hydroxylation is 1. The zero-order chi connectivity index (χ0) is 15.6. The Morgan fingerprint density at radius 1 is 0.762 bits per heavy atom. The Morgan fingerprint density at radius 2 is 1.14 bits per heavy atom. The van der Waals surface area contributed by atoms with Gasteiger partial charge in [0.1, 0.15) is 0 Å². The van der Waals surface area contributed by atoms with Crippen LogP contribution in [0.15, 0.2) is 48.5 Å². The molecule has 5 heteroatoms. The molecule has 0 radical (unpaired) electrons. The zero-order valence-corrected chi connectivity index (χ0v) is 11.6. The molecular weight excluding hydrogens is 277 g/mol. The van der Waals surface area contributed by atoms with Crippen LogP contribution in [0.25, 0.3) is 0 Å². The van der Waals surface area contributed by atoms with Crippen molar-refractivity contribution in [2.45, 2.75) is 25.2 Å². The van der Waals surface area contributed by atoms with Crippen molar-refractivity contribution in [3.8, 4) is 0 Å². The maximum absolute atomic E-state index is 12.5. The van der Waals surface area contributed by atoms with E-state index >= 15 is 0 Å². The predicted octanol–water partition coefficient (Wildman–Crippen LogP) is 3.71. The molecule has 2 aromatic rings. The van der Waals surface area contributed by atoms with E-state index in [2.05, 4.69) is 0 Å². The smallest absolute Gasteiger partial charge is 0.322 e. The van der Waals surface area contributed by atoms with Crippen molar-refractivity contribution in [3.05, 3.63) is 70.8 Å². The van der Waals surface area contributed by atoms with Gasteiger partial charge in [0.05, 0.1) is 5.56 Å². The van der Waals surface area contributed by atoms with Gasteiger partial charge in [0.25, 0.3) is 0 Å². The third-order valence-corrected chi connectivity index (χ3v) is 3.47. The summed E-state index contributed by atoms with van der Waals surface area (Å²) in [6.45, 7) is 1.96. The standard InChI is InChI=1S/C16H17F3N2/c1-10-2-4-11(5-3-10)14(20)15(21)12-6-8-13(9-7-12)16(17,18)19/h2-9,14-15H,20-21H2,1H3/t14?,15-/m1/s1. The van der Waals surface area contributed by atoms with Crippen molar-refractivity contribution in [3.63, 3.8) is 0 Å². The van der Waals surface area contributed by atoms with Crippen molar-refractivity contribution >= 4 is 0 Å². The average Bonchev–Trinajstić information content (AvgIpc) is 2.46. The Bertz CT molecular complexity index is 588. The summed E-state index contributed by atoms with van der Waals surface area (Å²) in [5.41, 5.74) is 14.0. The summed E-state index contributed by atoms with van der Waals surface area (Å²) in [5.74, 6) is 0. The molecule has 1 unspecified atom stereocenters. The highest BCUT2D eigenvalue weighted by Crippen LogP contribution is 2.31. The Balaban J connectivity index is 2.19. The van der Waals surface area contributed by atoms with Crippen LogP contribution < -0.4 is 11.5 Å². The largest absolute Gasteiger partial charge is 0.416 e. The van der Waals surface area contributed by atoms with Gasteiger partial charge in [-0.25, -0.2) is 0 Å². The summed E-state index contributed by atoms with van der Waals surface area (Å²) >= 11 is 0. The molecule has 21 heavy (non-hydrogen) atoms. The molecule has 0 aliphatic heterocycles. The van der Waals surface area contributed by atoms with E-state index in [0.717, 1.165) is 23.3 Å². The number of halogens is 3. The first-order chi connectivity index (χ1) is 9.79. The van der Waals surface area contributed by atoms with Gasteiger partial charge in [0.2, 0.25) is 0 Å². The first-order valence-electron chi connectivity index (χ1n) is 6.54. The second-order valence-electron chi connectivity index (χ2n) is 5.08. The van der Waals surface area contributed by atoms with E-state index in [-0.39, 0.29) is 0 Å². The van der Waals surface area contributed by atoms with Gasteiger partial charge >= 0.3 is 6.18 Å². The fraction of sp³-hybridized carbons (Fsp3) is 0.250. The number of hydrogen-bond acceptors (Lipinski definition) is 2. The highest BCUT2D eigenvalue weighted by atomic mass is 19.4. The van der Waals surface area contributed by atoms with Crippen molar-refractivity contribution in [2.24, 2.45) is 11.5 Å². The van der Waals surface area contributed by atoms with E-state index in [1.165, 1.54) is 12.1 Å². The summed E-state index contributed by atoms with van der Waals surface area (Å²) in [6.07, 6.45) is -4.35. The van der Waals surface area contributed by atoms with Crippen LogP contribution in [0.4, 0.5) is 13.2 Å². The highest BCUT2D eigenvalue weighted by Gasteiger charge is 2.30. The molecule has 0 aromatic heterocycles. The van der Waals surface area contributed by atoms with E-state index in [9.17, 15) is 13.2 Å². The molecule has 0 aliphatic rings. The summed E-state index contributed by atoms with van der Waals surface area (Å²) in [4.78, 5) is 0. The molecular formula is C16H17F3N2. The molecule has 0 saturated carbocycles. The Morgan fingerprint density at radius 3 is 1.52 bits per heavy atom. The van der Waals surface area contributed by atoms with Gasteiger partial charge in [-0.1, -0.05) is 42.0 Å². The Kier molecular flexibility index (Phi) is 4.34. The molecule has 112 valence electrons. The molecule has 0 bridgehead atoms. The van der Waals surface area contributed by atoms with Gasteiger partial charge in [0, 0.05) is 12.1 Å². The maximum atomic E-state index is 12.5. The Labute approximate surface area is 121 Å². The van der Waals surface area contributed by atoms with Crippen LogP contribution in [0.1, 0.15) is 34.3 Å². The van der Waals surface area contributed by atoms with E-state index in [1.807, 2.05) is 31.2 Å². The van der Waals surface area contributed by atoms with Crippen LogP contribution in [-0.2, 0) is 6.18 Å². The number of rotatable bonds is 3. The van der Waals surface area contributed by atoms with Gasteiger partial charge in [0.15, 0.2) is 0 Å². The average molecular weight is 294 g/mol. The minimum atomic E-state index is -4.35. The lowest BCUT2D eigenvalue weighted by molar-refractivity contribution is -0.137. The van der Waals surface area contributed by atoms with Crippen LogP contribution >= 0.6 is 0 Å². The minimum Gasteiger partial charge on any atom is -0.322 e. The van der Waals surface area contributed by atoms with Gasteiger partial charge in [-0.2, -0.15) is 13.2 Å². The van der Waals surface area contributed by atoms with Crippen LogP contribution in [0.3, 0.4) is 0 Å². The lowest BCUT2D eigenvalue weighted by atomic mass is 9.94. The first kappa shape index (κ1) is 15.5. The minimum absolute atomic E-state index is 0.470. The van der Waals surface area contributed by atoms with Crippen LogP contribution in [0.5, 0.6) is 0 Å². The van der Waals surface area contributed by atoms with Crippen LogP contribution in [0.2, 0.25) is 0 Å². The molecule has 0 amide bonds. The molecule has 2 aromatic carbocycles. The molecule has 4 N–H and O–H groups in total. The molecule has 0 saturated heterocycles. The quantitative estimate of drug-likeness (QED) is 0.906. The molecule has 0 heterocycles. The van der Waals surface area contributed by atoms with Crippen molar-refractivity contribution in [1.82, 2.24) is 0 Å². The number of nitrogens with two attached hydrogens (primary N) is 2. The fourth-order valence-corrected chi connectivity index (χ4v) is 2.10. The fourth-order valence-electron chi connectivity index (χ4n) is 2.10. The second-order valence-corrected chi connectivity index (χ2v) is 5.08. The van der Waals surface area contributed by atoms with E-state index < -0.39 is 23.8 Å². The van der Waals surface area contributed by atoms with Crippen LogP contribution in [-0.4, -0.2) is 0 Å². The normalized spacial score (nSPS) is 14.8. The third-order valence-electron chi connectivity index (χ3n) is 3.47. The van der Waals surface area contributed by atoms with Crippen LogP contribution in [0, 0.1) is 6.92 Å². The summed E-state index contributed by atoms with van der Waals surface area (Å²) in [7, 11) is 0. The summed E-state index contributed by atoms with van der Waals surface area (Å²) in [6, 6.07) is 11.4. The molecule has 0 aliphatic carbocycles. The third kappa shape index (κ3) is 3.62. The maximum Gasteiger partial charge on any atom is 0.416 e. The monoisotopic (exact) mass is 294 g/mol. The van der Waals surface area contributed by atoms with Gasteiger partial charge in [-0.15, -0.1) is 0 Å². The Hall–Kier alpha value is -1.85. The lowest BCUT2D eigenvalue weighted by Crippen LogP contribution is -2.26. The number of benzene rings is 2. The summed E-state index contributed by atoms with van der Waals surface area (Å²) in [5, 5.41) is 0. The molecule has 2 atom stereocenters. The van der Waals surface area contributed by atoms with E-state index in [0.29, 0.717) is 5.56 Å². The van der Waals surface area contributed by atoms with Gasteiger partial charge in [-0.3, -0.25) is 0 Å². The summed E-state index contributed by atoms with van der Waals surface area (Å²) < 4.78 is 37.6. The molecule has 0 fully saturated rings. The molecule has 2 rings (SSSR count). The zero-order valence-electron chi connectivity index (χ0n) is 11.6. The van der Waals surface area contributed by atoms with E-state index in [1.54, 1.807) is 0 Å². The molecule has 0 spiro atoms. The van der Waals surface area contributed by atoms with Gasteiger partial charge < -0.3 is 11.5 Å². The van der Waals surface area contributed by atoms with E-state index in [4.69, 9.17) is 11.5 Å². The SMILES string of the molecule is Cc1ccc(C(N)[C@H](N)c2ccc(C(F)(F)F)cc2)cc1. The first-order valence-corrected chi connectivity index (χ1v) is 6.54. The predicted molar refractivity (Wildman–Crippen MR) is 76.5 cm³/mol. The van der Waals surface area contributed by atoms with Crippen molar-refractivity contribution < 1.29 is 13.2 Å². The topological polar surface area (TPSA) is 52.0 Å². The van der Waals surface area contributed by atoms with Crippen molar-refractivity contribution in [2.75, 3.05) is 0 Å².